The molecule has 0 spiro atoms. The van der Waals surface area contributed by atoms with E-state index in [1.54, 1.807) is 0 Å². The van der Waals surface area contributed by atoms with E-state index in [0.717, 1.165) is 42.6 Å². The number of carbonyl (C=O) groups is 1. The van der Waals surface area contributed by atoms with Crippen LogP contribution in [0.3, 0.4) is 0 Å². The number of carbonyl (C=O) groups excluding carboxylic acids is 1. The molecular formula is C21H27N3O4. The van der Waals surface area contributed by atoms with Crippen molar-refractivity contribution in [3.63, 3.8) is 0 Å². The fourth-order valence-electron chi connectivity index (χ4n) is 3.72. The number of benzene rings is 1. The highest BCUT2D eigenvalue weighted by Gasteiger charge is 2.22. The molecule has 1 aliphatic rings. The first-order valence-corrected chi connectivity index (χ1v) is 9.61. The quantitative estimate of drug-likeness (QED) is 0.716. The Labute approximate surface area is 164 Å². The van der Waals surface area contributed by atoms with Crippen LogP contribution in [0.25, 0.3) is 0 Å². The van der Waals surface area contributed by atoms with E-state index < -0.39 is 0 Å². The number of aromatic nitrogens is 2. The van der Waals surface area contributed by atoms with E-state index in [2.05, 4.69) is 22.0 Å². The highest BCUT2D eigenvalue weighted by atomic mass is 16.5. The molecule has 0 saturated carbocycles. The Morgan fingerprint density at radius 3 is 2.64 bits per heavy atom. The molecule has 0 bridgehead atoms. The van der Waals surface area contributed by atoms with Gasteiger partial charge in [-0.2, -0.15) is 0 Å². The van der Waals surface area contributed by atoms with Crippen molar-refractivity contribution in [2.45, 2.75) is 25.7 Å². The van der Waals surface area contributed by atoms with Crippen molar-refractivity contribution in [3.05, 3.63) is 68.0 Å². The van der Waals surface area contributed by atoms with Gasteiger partial charge in [-0.05, 0) is 42.9 Å². The zero-order valence-corrected chi connectivity index (χ0v) is 16.4. The summed E-state index contributed by atoms with van der Waals surface area (Å²) in [7, 11) is 2.89. The van der Waals surface area contributed by atoms with E-state index in [1.165, 1.54) is 25.9 Å². The summed E-state index contributed by atoms with van der Waals surface area (Å²) in [5, 5.41) is 0. The number of rotatable bonds is 7. The summed E-state index contributed by atoms with van der Waals surface area (Å²) < 4.78 is 5.81. The summed E-state index contributed by atoms with van der Waals surface area (Å²) >= 11 is 0. The molecule has 1 atom stereocenters. The van der Waals surface area contributed by atoms with Crippen molar-refractivity contribution < 1.29 is 9.53 Å². The summed E-state index contributed by atoms with van der Waals surface area (Å²) in [6, 6.07) is 8.16. The monoisotopic (exact) mass is 385 g/mol. The summed E-state index contributed by atoms with van der Waals surface area (Å²) in [5.74, 6) is 0.362. The van der Waals surface area contributed by atoms with Gasteiger partial charge in [0.25, 0.3) is 5.56 Å². The first-order valence-electron chi connectivity index (χ1n) is 9.61. The summed E-state index contributed by atoms with van der Waals surface area (Å²) in [6.07, 6.45) is 4.62. The second-order valence-electron chi connectivity index (χ2n) is 7.46. The molecule has 7 heteroatoms. The van der Waals surface area contributed by atoms with Gasteiger partial charge in [0.1, 0.15) is 0 Å². The summed E-state index contributed by atoms with van der Waals surface area (Å²) in [4.78, 5) is 39.9. The zero-order valence-electron chi connectivity index (χ0n) is 16.4. The standard InChI is InChI=1S/C21H27N3O4/c1-23-20(26)18(13-22-21(23)27)8-10-24-9-7-17(14-24)11-15-3-5-16(6-4-15)12-19(25)28-2/h3-6,13,17H,7-12,14H2,1-2H3,(H,22,27). The minimum atomic E-state index is -0.382. The smallest absolute Gasteiger partial charge is 0.328 e. The van der Waals surface area contributed by atoms with Gasteiger partial charge in [-0.1, -0.05) is 24.3 Å². The van der Waals surface area contributed by atoms with E-state index in [0.29, 0.717) is 24.3 Å². The normalized spacial score (nSPS) is 17.0. The van der Waals surface area contributed by atoms with Gasteiger partial charge in [0.05, 0.1) is 13.5 Å². The molecule has 1 N–H and O–H groups in total. The second kappa shape index (κ2) is 9.01. The third-order valence-electron chi connectivity index (χ3n) is 5.44. The minimum Gasteiger partial charge on any atom is -0.469 e. The molecule has 0 radical (unpaired) electrons. The predicted octanol–water partition coefficient (Wildman–Crippen LogP) is 0.896. The molecule has 28 heavy (non-hydrogen) atoms. The van der Waals surface area contributed by atoms with Gasteiger partial charge < -0.3 is 14.6 Å². The molecule has 1 aromatic carbocycles. The van der Waals surface area contributed by atoms with Crippen LogP contribution in [0, 0.1) is 5.92 Å². The Kier molecular flexibility index (Phi) is 6.46. The largest absolute Gasteiger partial charge is 0.469 e. The number of methoxy groups -OCH3 is 1. The Morgan fingerprint density at radius 1 is 1.21 bits per heavy atom. The van der Waals surface area contributed by atoms with Crippen LogP contribution in [0.15, 0.2) is 40.1 Å². The molecule has 1 saturated heterocycles. The Balaban J connectivity index is 1.49. The maximum atomic E-state index is 12.1. The van der Waals surface area contributed by atoms with Crippen LogP contribution in [0.5, 0.6) is 0 Å². The molecule has 2 aromatic rings. The summed E-state index contributed by atoms with van der Waals surface area (Å²) in [5.41, 5.74) is 2.28. The van der Waals surface area contributed by atoms with Crippen LogP contribution in [-0.4, -0.2) is 47.2 Å². The average molecular weight is 385 g/mol. The van der Waals surface area contributed by atoms with Gasteiger partial charge in [-0.15, -0.1) is 0 Å². The van der Waals surface area contributed by atoms with Crippen LogP contribution in [0.2, 0.25) is 0 Å². The fraction of sp³-hybridized carbons (Fsp3) is 0.476. The SMILES string of the molecule is COC(=O)Cc1ccc(CC2CCN(CCc3c[nH]c(=O)n(C)c3=O)C2)cc1. The van der Waals surface area contributed by atoms with Crippen molar-refractivity contribution in [2.75, 3.05) is 26.7 Å². The molecule has 1 unspecified atom stereocenters. The van der Waals surface area contributed by atoms with Crippen LogP contribution in [0.4, 0.5) is 0 Å². The average Bonchev–Trinajstić information content (AvgIpc) is 3.14. The van der Waals surface area contributed by atoms with E-state index in [9.17, 15) is 14.4 Å². The lowest BCUT2D eigenvalue weighted by molar-refractivity contribution is -0.139. The number of hydrogen-bond acceptors (Lipinski definition) is 5. The molecule has 150 valence electrons. The van der Waals surface area contributed by atoms with Crippen LogP contribution >= 0.6 is 0 Å². The zero-order chi connectivity index (χ0) is 20.1. The van der Waals surface area contributed by atoms with Crippen molar-refractivity contribution in [1.82, 2.24) is 14.5 Å². The highest BCUT2D eigenvalue weighted by molar-refractivity contribution is 5.72. The number of ether oxygens (including phenoxy) is 1. The van der Waals surface area contributed by atoms with Gasteiger partial charge in [0, 0.05) is 31.9 Å². The number of nitrogens with one attached hydrogen (secondary N) is 1. The maximum absolute atomic E-state index is 12.1. The lowest BCUT2D eigenvalue weighted by Gasteiger charge is -2.16. The van der Waals surface area contributed by atoms with Gasteiger partial charge >= 0.3 is 11.7 Å². The summed E-state index contributed by atoms with van der Waals surface area (Å²) in [6.45, 7) is 2.85. The van der Waals surface area contributed by atoms with E-state index in [1.807, 2.05) is 12.1 Å². The molecule has 1 aliphatic heterocycles. The van der Waals surface area contributed by atoms with Crippen molar-refractivity contribution in [2.24, 2.45) is 13.0 Å². The third kappa shape index (κ3) is 4.98. The third-order valence-corrected chi connectivity index (χ3v) is 5.44. The number of nitrogens with zero attached hydrogens (tertiary/aromatic N) is 2. The van der Waals surface area contributed by atoms with Gasteiger partial charge in [-0.3, -0.25) is 14.2 Å². The van der Waals surface area contributed by atoms with Crippen LogP contribution < -0.4 is 11.2 Å². The molecule has 1 fully saturated rings. The molecule has 3 rings (SSSR count). The number of aromatic amines is 1. The van der Waals surface area contributed by atoms with Crippen molar-refractivity contribution in [3.8, 4) is 0 Å². The topological polar surface area (TPSA) is 84.4 Å². The Hall–Kier alpha value is -2.67. The Bertz CT molecular complexity index is 930. The second-order valence-corrected chi connectivity index (χ2v) is 7.46. The van der Waals surface area contributed by atoms with Gasteiger partial charge in [0.15, 0.2) is 0 Å². The fourth-order valence-corrected chi connectivity index (χ4v) is 3.72. The predicted molar refractivity (Wildman–Crippen MR) is 106 cm³/mol. The van der Waals surface area contributed by atoms with E-state index >= 15 is 0 Å². The first kappa shape index (κ1) is 20.1. The number of hydrogen-bond donors (Lipinski definition) is 1. The molecule has 0 aliphatic carbocycles. The molecule has 2 heterocycles. The van der Waals surface area contributed by atoms with Crippen LogP contribution in [-0.2, 0) is 35.8 Å². The Morgan fingerprint density at radius 2 is 1.93 bits per heavy atom. The minimum absolute atomic E-state index is 0.216. The molecular weight excluding hydrogens is 358 g/mol. The molecule has 1 aromatic heterocycles. The lowest BCUT2D eigenvalue weighted by atomic mass is 9.97. The number of esters is 1. The van der Waals surface area contributed by atoms with Crippen molar-refractivity contribution in [1.29, 1.82) is 0 Å². The highest BCUT2D eigenvalue weighted by Crippen LogP contribution is 2.21. The molecule has 0 amide bonds. The van der Waals surface area contributed by atoms with E-state index in [-0.39, 0.29) is 17.2 Å². The number of likely N-dealkylation sites (tertiary alicyclic amines) is 1. The van der Waals surface area contributed by atoms with Gasteiger partial charge in [-0.25, -0.2) is 4.79 Å². The molecule has 7 nitrogen and oxygen atoms in total. The van der Waals surface area contributed by atoms with E-state index in [4.69, 9.17) is 4.74 Å². The lowest BCUT2D eigenvalue weighted by Crippen LogP contribution is -2.35. The van der Waals surface area contributed by atoms with Gasteiger partial charge in [0.2, 0.25) is 0 Å². The van der Waals surface area contributed by atoms with Crippen molar-refractivity contribution >= 4 is 5.97 Å². The maximum Gasteiger partial charge on any atom is 0.328 e. The first-order chi connectivity index (χ1) is 13.5. The van der Waals surface area contributed by atoms with Crippen LogP contribution in [0.1, 0.15) is 23.1 Å². The number of H-pyrrole nitrogens is 1.